The Morgan fingerprint density at radius 1 is 1.42 bits per heavy atom. The fraction of sp³-hybridized carbons (Fsp3) is 0.353. The molecule has 0 spiro atoms. The molecule has 1 unspecified atom stereocenters. The maximum Gasteiger partial charge on any atom is 0.258 e. The van der Waals surface area contributed by atoms with Crippen molar-refractivity contribution >= 4 is 5.91 Å². The van der Waals surface area contributed by atoms with Gasteiger partial charge in [0.15, 0.2) is 0 Å². The number of nitrogens with zero attached hydrogens (tertiary/aromatic N) is 5. The Morgan fingerprint density at radius 3 is 3.00 bits per heavy atom. The summed E-state index contributed by atoms with van der Waals surface area (Å²) in [4.78, 5) is 19.2. The largest absolute Gasteiger partial charge is 0.469 e. The fourth-order valence-electron chi connectivity index (χ4n) is 3.28. The number of carbonyl (C=O) groups excluding carboxylic acids is 1. The lowest BCUT2D eigenvalue weighted by Crippen LogP contribution is -2.41. The van der Waals surface area contributed by atoms with E-state index in [2.05, 4.69) is 14.6 Å². The van der Waals surface area contributed by atoms with Gasteiger partial charge in [0.2, 0.25) is 0 Å². The Balaban J connectivity index is 1.59. The zero-order valence-electron chi connectivity index (χ0n) is 13.7. The van der Waals surface area contributed by atoms with Crippen LogP contribution >= 0.6 is 0 Å². The zero-order valence-corrected chi connectivity index (χ0v) is 13.7. The summed E-state index contributed by atoms with van der Waals surface area (Å²) in [6.45, 7) is 5.90. The summed E-state index contributed by atoms with van der Waals surface area (Å²) in [5.74, 6) is 1.56. The second-order valence-electron chi connectivity index (χ2n) is 6.03. The average Bonchev–Trinajstić information content (AvgIpc) is 3.30. The van der Waals surface area contributed by atoms with E-state index < -0.39 is 0 Å². The van der Waals surface area contributed by atoms with E-state index >= 15 is 0 Å². The summed E-state index contributed by atoms with van der Waals surface area (Å²) >= 11 is 0. The summed E-state index contributed by atoms with van der Waals surface area (Å²) in [7, 11) is 0. The van der Waals surface area contributed by atoms with Gasteiger partial charge < -0.3 is 13.9 Å². The van der Waals surface area contributed by atoms with E-state index in [9.17, 15) is 4.79 Å². The second kappa shape index (κ2) is 5.67. The number of carbonyl (C=O) groups is 1. The Bertz CT molecular complexity index is 862. The first-order valence-corrected chi connectivity index (χ1v) is 8.02. The van der Waals surface area contributed by atoms with Crippen molar-refractivity contribution in [3.8, 4) is 0 Å². The predicted octanol–water partition coefficient (Wildman–Crippen LogP) is 2.25. The Hall–Kier alpha value is -2.83. The number of hydrogen-bond acceptors (Lipinski definition) is 4. The summed E-state index contributed by atoms with van der Waals surface area (Å²) in [5, 5.41) is 4.25. The second-order valence-corrected chi connectivity index (χ2v) is 6.03. The van der Waals surface area contributed by atoms with Gasteiger partial charge in [0.25, 0.3) is 5.91 Å². The highest BCUT2D eigenvalue weighted by atomic mass is 16.3. The number of hydrogen-bond donors (Lipinski definition) is 0. The minimum absolute atomic E-state index is 0.00312. The molecular weight excluding hydrogens is 306 g/mol. The minimum Gasteiger partial charge on any atom is -0.469 e. The standard InChI is InChI=1S/C17H19N5O2/c1-12-16-18-10-14(11-20-6-3-5-19-20)22(16)8-7-21(12)17(23)15-4-9-24-13(15)2/h3-6,9-10,12H,7-8,11H2,1-2H3. The Labute approximate surface area is 139 Å². The molecule has 0 aliphatic carbocycles. The number of furan rings is 1. The van der Waals surface area contributed by atoms with E-state index in [-0.39, 0.29) is 11.9 Å². The molecule has 3 aromatic rings. The first-order valence-electron chi connectivity index (χ1n) is 8.02. The Morgan fingerprint density at radius 2 is 2.29 bits per heavy atom. The van der Waals surface area contributed by atoms with Gasteiger partial charge in [-0.1, -0.05) is 0 Å². The van der Waals surface area contributed by atoms with Gasteiger partial charge in [0.05, 0.1) is 36.3 Å². The van der Waals surface area contributed by atoms with Crippen molar-refractivity contribution in [3.63, 3.8) is 0 Å². The molecule has 4 heterocycles. The minimum atomic E-state index is -0.0769. The third-order valence-electron chi connectivity index (χ3n) is 4.61. The lowest BCUT2D eigenvalue weighted by atomic mass is 10.1. The molecule has 7 heteroatoms. The van der Waals surface area contributed by atoms with Crippen LogP contribution < -0.4 is 0 Å². The number of aromatic nitrogens is 4. The number of rotatable bonds is 3. The summed E-state index contributed by atoms with van der Waals surface area (Å²) in [5.41, 5.74) is 1.73. The van der Waals surface area contributed by atoms with Crippen molar-refractivity contribution in [2.45, 2.75) is 33.0 Å². The number of fused-ring (bicyclic) bond motifs is 1. The molecular formula is C17H19N5O2. The van der Waals surface area contributed by atoms with Gasteiger partial charge in [-0.3, -0.25) is 9.48 Å². The SMILES string of the molecule is Cc1occc1C(=O)N1CCn2c(Cn3cccn3)cnc2C1C. The van der Waals surface area contributed by atoms with Crippen molar-refractivity contribution in [1.82, 2.24) is 24.2 Å². The number of amides is 1. The quantitative estimate of drug-likeness (QED) is 0.740. The van der Waals surface area contributed by atoms with Crippen LogP contribution in [0.25, 0.3) is 0 Å². The molecule has 3 aromatic heterocycles. The van der Waals surface area contributed by atoms with Gasteiger partial charge >= 0.3 is 0 Å². The number of imidazole rings is 1. The smallest absolute Gasteiger partial charge is 0.258 e. The Kier molecular flexibility index (Phi) is 3.48. The van der Waals surface area contributed by atoms with Crippen LogP contribution in [0.4, 0.5) is 0 Å². The normalized spacial score (nSPS) is 17.1. The number of aryl methyl sites for hydroxylation is 1. The molecule has 1 atom stereocenters. The highest BCUT2D eigenvalue weighted by molar-refractivity contribution is 5.95. The highest BCUT2D eigenvalue weighted by Crippen LogP contribution is 2.28. The van der Waals surface area contributed by atoms with Crippen LogP contribution in [0, 0.1) is 6.92 Å². The maximum atomic E-state index is 12.8. The third-order valence-corrected chi connectivity index (χ3v) is 4.61. The fourth-order valence-corrected chi connectivity index (χ4v) is 3.28. The van der Waals surface area contributed by atoms with E-state index in [0.29, 0.717) is 24.4 Å². The molecule has 124 valence electrons. The molecule has 4 rings (SSSR count). The molecule has 0 saturated carbocycles. The predicted molar refractivity (Wildman–Crippen MR) is 86.5 cm³/mol. The van der Waals surface area contributed by atoms with Gasteiger partial charge in [0.1, 0.15) is 11.6 Å². The van der Waals surface area contributed by atoms with Crippen molar-refractivity contribution in [3.05, 3.63) is 59.8 Å². The van der Waals surface area contributed by atoms with E-state index in [1.165, 1.54) is 0 Å². The highest BCUT2D eigenvalue weighted by Gasteiger charge is 2.31. The molecule has 7 nitrogen and oxygen atoms in total. The molecule has 0 bridgehead atoms. The molecule has 1 aliphatic heterocycles. The van der Waals surface area contributed by atoms with Crippen LogP contribution in [0.15, 0.2) is 41.4 Å². The van der Waals surface area contributed by atoms with E-state index in [4.69, 9.17) is 4.42 Å². The molecule has 0 radical (unpaired) electrons. The van der Waals surface area contributed by atoms with E-state index in [0.717, 1.165) is 18.1 Å². The van der Waals surface area contributed by atoms with Crippen LogP contribution in [-0.4, -0.2) is 36.7 Å². The van der Waals surface area contributed by atoms with Crippen LogP contribution in [0.1, 0.15) is 40.6 Å². The van der Waals surface area contributed by atoms with Crippen LogP contribution in [-0.2, 0) is 13.1 Å². The van der Waals surface area contributed by atoms with Gasteiger partial charge in [-0.05, 0) is 26.0 Å². The molecule has 0 N–H and O–H groups in total. The van der Waals surface area contributed by atoms with Gasteiger partial charge in [-0.15, -0.1) is 0 Å². The molecule has 0 aromatic carbocycles. The lowest BCUT2D eigenvalue weighted by molar-refractivity contribution is 0.0634. The first-order chi connectivity index (χ1) is 11.6. The van der Waals surface area contributed by atoms with Crippen molar-refractivity contribution in [2.75, 3.05) is 6.54 Å². The monoisotopic (exact) mass is 325 g/mol. The zero-order chi connectivity index (χ0) is 16.7. The van der Waals surface area contributed by atoms with Crippen LogP contribution in [0.3, 0.4) is 0 Å². The molecule has 1 amide bonds. The lowest BCUT2D eigenvalue weighted by Gasteiger charge is -2.34. The summed E-state index contributed by atoms with van der Waals surface area (Å²) in [6.07, 6.45) is 7.14. The maximum absolute atomic E-state index is 12.8. The molecule has 0 saturated heterocycles. The van der Waals surface area contributed by atoms with Crippen LogP contribution in [0.2, 0.25) is 0 Å². The third kappa shape index (κ3) is 2.33. The van der Waals surface area contributed by atoms with E-state index in [1.54, 1.807) is 18.5 Å². The van der Waals surface area contributed by atoms with Gasteiger partial charge in [-0.25, -0.2) is 4.98 Å². The molecule has 0 fully saturated rings. The molecule has 24 heavy (non-hydrogen) atoms. The topological polar surface area (TPSA) is 69.1 Å². The van der Waals surface area contributed by atoms with Gasteiger partial charge in [0, 0.05) is 25.5 Å². The molecule has 1 aliphatic rings. The van der Waals surface area contributed by atoms with Gasteiger partial charge in [-0.2, -0.15) is 5.10 Å². The average molecular weight is 325 g/mol. The van der Waals surface area contributed by atoms with Crippen LogP contribution in [0.5, 0.6) is 0 Å². The van der Waals surface area contributed by atoms with Crippen molar-refractivity contribution in [1.29, 1.82) is 0 Å². The van der Waals surface area contributed by atoms with Crippen molar-refractivity contribution in [2.24, 2.45) is 0 Å². The van der Waals surface area contributed by atoms with E-state index in [1.807, 2.05) is 41.9 Å². The summed E-state index contributed by atoms with van der Waals surface area (Å²) < 4.78 is 9.34. The summed E-state index contributed by atoms with van der Waals surface area (Å²) in [6, 6.07) is 3.56. The first kappa shape index (κ1) is 14.7. The van der Waals surface area contributed by atoms with Crippen molar-refractivity contribution < 1.29 is 9.21 Å².